The molecule has 1 aliphatic heterocycles. The SMILES string of the molecule is NC(=O)C1CCCCC1NC1CCOCC1. The molecule has 1 amide bonds. The van der Waals surface area contributed by atoms with E-state index in [-0.39, 0.29) is 11.8 Å². The minimum absolute atomic E-state index is 0.0385. The highest BCUT2D eigenvalue weighted by Crippen LogP contribution is 2.25. The molecule has 2 atom stereocenters. The Hall–Kier alpha value is -0.610. The average molecular weight is 226 g/mol. The van der Waals surface area contributed by atoms with E-state index in [1.807, 2.05) is 0 Å². The lowest BCUT2D eigenvalue weighted by molar-refractivity contribution is -0.123. The van der Waals surface area contributed by atoms with Crippen LogP contribution in [0.15, 0.2) is 0 Å². The van der Waals surface area contributed by atoms with Crippen LogP contribution in [0.4, 0.5) is 0 Å². The van der Waals surface area contributed by atoms with Gasteiger partial charge >= 0.3 is 0 Å². The summed E-state index contributed by atoms with van der Waals surface area (Å²) in [6.07, 6.45) is 6.51. The zero-order valence-electron chi connectivity index (χ0n) is 9.78. The van der Waals surface area contributed by atoms with Crippen LogP contribution in [0.25, 0.3) is 0 Å². The van der Waals surface area contributed by atoms with E-state index in [1.165, 1.54) is 6.42 Å². The smallest absolute Gasteiger partial charge is 0.222 e. The van der Waals surface area contributed by atoms with Gasteiger partial charge in [0.2, 0.25) is 5.91 Å². The molecule has 1 heterocycles. The third kappa shape index (κ3) is 2.95. The van der Waals surface area contributed by atoms with Crippen molar-refractivity contribution < 1.29 is 9.53 Å². The summed E-state index contributed by atoms with van der Waals surface area (Å²) in [6, 6.07) is 0.813. The summed E-state index contributed by atoms with van der Waals surface area (Å²) >= 11 is 0. The minimum Gasteiger partial charge on any atom is -0.381 e. The number of hydrogen-bond donors (Lipinski definition) is 2. The molecule has 1 aliphatic carbocycles. The second-order valence-electron chi connectivity index (χ2n) is 4.95. The first-order valence-electron chi connectivity index (χ1n) is 6.40. The monoisotopic (exact) mass is 226 g/mol. The van der Waals surface area contributed by atoms with E-state index >= 15 is 0 Å². The first kappa shape index (κ1) is 11.9. The summed E-state index contributed by atoms with van der Waals surface area (Å²) in [5.41, 5.74) is 5.46. The van der Waals surface area contributed by atoms with Gasteiger partial charge in [0.1, 0.15) is 0 Å². The number of ether oxygens (including phenoxy) is 1. The first-order chi connectivity index (χ1) is 7.77. The van der Waals surface area contributed by atoms with Gasteiger partial charge in [-0.05, 0) is 25.7 Å². The molecule has 0 aromatic rings. The van der Waals surface area contributed by atoms with Crippen LogP contribution in [-0.4, -0.2) is 31.2 Å². The molecular weight excluding hydrogens is 204 g/mol. The molecule has 0 spiro atoms. The van der Waals surface area contributed by atoms with E-state index in [0.29, 0.717) is 12.1 Å². The molecule has 92 valence electrons. The van der Waals surface area contributed by atoms with Crippen LogP contribution in [0.5, 0.6) is 0 Å². The van der Waals surface area contributed by atoms with Gasteiger partial charge in [0, 0.05) is 25.3 Å². The zero-order valence-corrected chi connectivity index (χ0v) is 9.78. The lowest BCUT2D eigenvalue weighted by Gasteiger charge is -2.34. The summed E-state index contributed by atoms with van der Waals surface area (Å²) in [7, 11) is 0. The number of hydrogen-bond acceptors (Lipinski definition) is 3. The molecule has 0 radical (unpaired) electrons. The number of carbonyl (C=O) groups excluding carboxylic acids is 1. The standard InChI is InChI=1S/C12H22N2O2/c13-12(15)10-3-1-2-4-11(10)14-9-5-7-16-8-6-9/h9-11,14H,1-8H2,(H2,13,15). The van der Waals surface area contributed by atoms with Gasteiger partial charge in [-0.15, -0.1) is 0 Å². The van der Waals surface area contributed by atoms with E-state index in [1.54, 1.807) is 0 Å². The van der Waals surface area contributed by atoms with Crippen molar-refractivity contribution in [3.8, 4) is 0 Å². The van der Waals surface area contributed by atoms with Gasteiger partial charge in [0.25, 0.3) is 0 Å². The maximum Gasteiger partial charge on any atom is 0.222 e. The summed E-state index contributed by atoms with van der Waals surface area (Å²) in [4.78, 5) is 11.4. The molecule has 3 N–H and O–H groups in total. The summed E-state index contributed by atoms with van der Waals surface area (Å²) in [5.74, 6) is -0.0964. The largest absolute Gasteiger partial charge is 0.381 e. The van der Waals surface area contributed by atoms with Crippen molar-refractivity contribution >= 4 is 5.91 Å². The van der Waals surface area contributed by atoms with E-state index in [2.05, 4.69) is 5.32 Å². The highest BCUT2D eigenvalue weighted by Gasteiger charge is 2.31. The molecule has 2 rings (SSSR count). The topological polar surface area (TPSA) is 64.4 Å². The summed E-state index contributed by atoms with van der Waals surface area (Å²) in [5, 5.41) is 3.61. The molecule has 0 aromatic heterocycles. The van der Waals surface area contributed by atoms with Gasteiger partial charge in [-0.25, -0.2) is 0 Å². The number of nitrogens with one attached hydrogen (secondary N) is 1. The van der Waals surface area contributed by atoms with Crippen molar-refractivity contribution in [1.82, 2.24) is 5.32 Å². The second kappa shape index (κ2) is 5.64. The number of nitrogens with two attached hydrogens (primary N) is 1. The normalized spacial score (nSPS) is 32.5. The van der Waals surface area contributed by atoms with Gasteiger partial charge in [0.05, 0.1) is 5.92 Å². The van der Waals surface area contributed by atoms with Gasteiger partial charge < -0.3 is 15.8 Å². The van der Waals surface area contributed by atoms with Crippen LogP contribution in [0.3, 0.4) is 0 Å². The second-order valence-corrected chi connectivity index (χ2v) is 4.95. The van der Waals surface area contributed by atoms with Crippen LogP contribution in [0.1, 0.15) is 38.5 Å². The van der Waals surface area contributed by atoms with Crippen molar-refractivity contribution in [2.75, 3.05) is 13.2 Å². The van der Waals surface area contributed by atoms with Crippen LogP contribution >= 0.6 is 0 Å². The van der Waals surface area contributed by atoms with Crippen LogP contribution in [-0.2, 0) is 9.53 Å². The van der Waals surface area contributed by atoms with Crippen LogP contribution in [0, 0.1) is 5.92 Å². The Morgan fingerprint density at radius 1 is 1.12 bits per heavy atom. The molecule has 1 saturated heterocycles. The van der Waals surface area contributed by atoms with Crippen molar-refractivity contribution in [1.29, 1.82) is 0 Å². The van der Waals surface area contributed by atoms with Crippen molar-refractivity contribution in [2.45, 2.75) is 50.6 Å². The maximum absolute atomic E-state index is 11.4. The molecular formula is C12H22N2O2. The molecule has 2 unspecified atom stereocenters. The van der Waals surface area contributed by atoms with Gasteiger partial charge in [-0.3, -0.25) is 4.79 Å². The highest BCUT2D eigenvalue weighted by atomic mass is 16.5. The number of primary amides is 1. The first-order valence-corrected chi connectivity index (χ1v) is 6.40. The quantitative estimate of drug-likeness (QED) is 0.748. The fraction of sp³-hybridized carbons (Fsp3) is 0.917. The minimum atomic E-state index is -0.135. The molecule has 16 heavy (non-hydrogen) atoms. The molecule has 4 heteroatoms. The maximum atomic E-state index is 11.4. The molecule has 1 saturated carbocycles. The lowest BCUT2D eigenvalue weighted by atomic mass is 9.83. The van der Waals surface area contributed by atoms with Crippen molar-refractivity contribution in [3.63, 3.8) is 0 Å². The van der Waals surface area contributed by atoms with Crippen molar-refractivity contribution in [3.05, 3.63) is 0 Å². The molecule has 2 fully saturated rings. The third-order valence-electron chi connectivity index (χ3n) is 3.80. The summed E-state index contributed by atoms with van der Waals surface area (Å²) < 4.78 is 5.33. The fourth-order valence-electron chi connectivity index (χ4n) is 2.84. The molecule has 2 aliphatic rings. The van der Waals surface area contributed by atoms with Crippen LogP contribution < -0.4 is 11.1 Å². The predicted octanol–water partition coefficient (Wildman–Crippen LogP) is 0.799. The molecule has 4 nitrogen and oxygen atoms in total. The third-order valence-corrected chi connectivity index (χ3v) is 3.80. The average Bonchev–Trinajstić information content (AvgIpc) is 2.31. The number of rotatable bonds is 3. The number of carbonyl (C=O) groups is 1. The molecule has 0 bridgehead atoms. The Balaban J connectivity index is 1.87. The van der Waals surface area contributed by atoms with E-state index in [0.717, 1.165) is 45.3 Å². The number of amides is 1. The van der Waals surface area contributed by atoms with Gasteiger partial charge in [-0.2, -0.15) is 0 Å². The summed E-state index contributed by atoms with van der Waals surface area (Å²) in [6.45, 7) is 1.68. The van der Waals surface area contributed by atoms with E-state index < -0.39 is 0 Å². The highest BCUT2D eigenvalue weighted by molar-refractivity contribution is 5.77. The van der Waals surface area contributed by atoms with Crippen LogP contribution in [0.2, 0.25) is 0 Å². The molecule has 0 aromatic carbocycles. The Morgan fingerprint density at radius 2 is 1.81 bits per heavy atom. The Kier molecular flexibility index (Phi) is 4.18. The van der Waals surface area contributed by atoms with Crippen molar-refractivity contribution in [2.24, 2.45) is 11.7 Å². The van der Waals surface area contributed by atoms with E-state index in [9.17, 15) is 4.79 Å². The van der Waals surface area contributed by atoms with E-state index in [4.69, 9.17) is 10.5 Å². The zero-order chi connectivity index (χ0) is 11.4. The van der Waals surface area contributed by atoms with Gasteiger partial charge in [0.15, 0.2) is 0 Å². The predicted molar refractivity (Wildman–Crippen MR) is 61.9 cm³/mol. The Bertz CT molecular complexity index is 239. The lowest BCUT2D eigenvalue weighted by Crippen LogP contribution is -2.49. The Labute approximate surface area is 96.9 Å². The van der Waals surface area contributed by atoms with Gasteiger partial charge in [-0.1, -0.05) is 12.8 Å². The fourth-order valence-corrected chi connectivity index (χ4v) is 2.84. The Morgan fingerprint density at radius 3 is 2.50 bits per heavy atom.